The van der Waals surface area contributed by atoms with E-state index in [9.17, 15) is 27.6 Å². The largest absolute Gasteiger partial charge is 0.416 e. The number of rotatable bonds is 11. The van der Waals surface area contributed by atoms with E-state index in [1.807, 2.05) is 0 Å². The Hall–Kier alpha value is -2.82. The molecule has 1 saturated carbocycles. The molecule has 1 fully saturated rings. The second kappa shape index (κ2) is 14.5. The second-order valence-corrected chi connectivity index (χ2v) is 11.0. The van der Waals surface area contributed by atoms with Gasteiger partial charge in [-0.05, 0) is 84.5 Å². The van der Waals surface area contributed by atoms with Gasteiger partial charge in [-0.25, -0.2) is 4.79 Å². The highest BCUT2D eigenvalue weighted by molar-refractivity contribution is 6.04. The fourth-order valence-corrected chi connectivity index (χ4v) is 4.96. The molecule has 0 radical (unpaired) electrons. The molecule has 3 atom stereocenters. The van der Waals surface area contributed by atoms with Crippen LogP contribution in [-0.2, 0) is 11.0 Å². The van der Waals surface area contributed by atoms with Crippen LogP contribution in [0.15, 0.2) is 18.2 Å². The third-order valence-corrected chi connectivity index (χ3v) is 7.29. The second-order valence-electron chi connectivity index (χ2n) is 11.0. The molecule has 1 aromatic carbocycles. The molecule has 0 heterocycles. The average molecular weight is 556 g/mol. The molecular formula is C28H44F3N5O3. The Balaban J connectivity index is 2.09. The summed E-state index contributed by atoms with van der Waals surface area (Å²) in [6.45, 7) is 9.52. The van der Waals surface area contributed by atoms with E-state index >= 15 is 0 Å². The third kappa shape index (κ3) is 10.0. The minimum absolute atomic E-state index is 0.0247. The van der Waals surface area contributed by atoms with Crippen LogP contribution in [0.2, 0.25) is 0 Å². The summed E-state index contributed by atoms with van der Waals surface area (Å²) in [6, 6.07) is 2.46. The first-order valence-corrected chi connectivity index (χ1v) is 13.8. The number of urea groups is 1. The van der Waals surface area contributed by atoms with E-state index in [1.54, 1.807) is 13.8 Å². The van der Waals surface area contributed by atoms with Gasteiger partial charge in [-0.1, -0.05) is 19.8 Å². The molecule has 1 aliphatic rings. The molecule has 0 saturated heterocycles. The van der Waals surface area contributed by atoms with Crippen LogP contribution in [0.3, 0.4) is 0 Å². The van der Waals surface area contributed by atoms with Crippen molar-refractivity contribution < 1.29 is 27.6 Å². The highest BCUT2D eigenvalue weighted by Crippen LogP contribution is 2.33. The summed E-state index contributed by atoms with van der Waals surface area (Å²) in [5.41, 5.74) is -1.50. The Morgan fingerprint density at radius 2 is 1.79 bits per heavy atom. The van der Waals surface area contributed by atoms with Crippen molar-refractivity contribution >= 4 is 23.5 Å². The number of hydrogen-bond donors (Lipinski definition) is 4. The summed E-state index contributed by atoms with van der Waals surface area (Å²) in [5, 5.41) is 10.4. The Bertz CT molecular complexity index is 984. The summed E-state index contributed by atoms with van der Waals surface area (Å²) in [5.74, 6) is -0.978. The molecule has 0 bridgehead atoms. The summed E-state index contributed by atoms with van der Waals surface area (Å²) < 4.78 is 40.0. The predicted octanol–water partition coefficient (Wildman–Crippen LogP) is 5.15. The summed E-state index contributed by atoms with van der Waals surface area (Å²) in [4.78, 5) is 40.2. The molecule has 2 rings (SSSR count). The number of halogens is 3. The van der Waals surface area contributed by atoms with Gasteiger partial charge in [0.05, 0.1) is 23.4 Å². The van der Waals surface area contributed by atoms with Crippen molar-refractivity contribution in [3.05, 3.63) is 29.3 Å². The number of benzene rings is 1. The van der Waals surface area contributed by atoms with Crippen LogP contribution >= 0.6 is 0 Å². The minimum Gasteiger partial charge on any atom is -0.352 e. The normalized spacial score (nSPS) is 19.7. The Kier molecular flexibility index (Phi) is 12.1. The molecule has 11 heteroatoms. The molecule has 1 aromatic rings. The van der Waals surface area contributed by atoms with Crippen LogP contribution < -0.4 is 21.3 Å². The number of amides is 4. The first-order chi connectivity index (χ1) is 18.2. The maximum Gasteiger partial charge on any atom is 0.416 e. The van der Waals surface area contributed by atoms with E-state index in [0.29, 0.717) is 24.1 Å². The third-order valence-electron chi connectivity index (χ3n) is 7.29. The Morgan fingerprint density at radius 1 is 1.10 bits per heavy atom. The van der Waals surface area contributed by atoms with E-state index in [4.69, 9.17) is 0 Å². The van der Waals surface area contributed by atoms with Crippen molar-refractivity contribution in [2.45, 2.75) is 103 Å². The van der Waals surface area contributed by atoms with E-state index in [0.717, 1.165) is 50.7 Å². The Labute approximate surface area is 229 Å². The Morgan fingerprint density at radius 3 is 2.38 bits per heavy atom. The standard InChI is InChI=1S/C28H44F3N5O3/c1-7-8-9-19-14-21(36(6)18(4)5)11-13-23(19)34-25(37)16-32-26(38)22-15-20(28(29,30)31)10-12-24(22)35-27(39)33-17(2)3/h10,12,15,17-19,21,23H,7-9,11,13-14,16H2,1-6H3,(H,32,38)(H,34,37)(H2,33,35,39)/t19-,21-,23+/m1/s1. The van der Waals surface area contributed by atoms with Gasteiger partial charge in [0.1, 0.15) is 0 Å². The van der Waals surface area contributed by atoms with E-state index in [-0.39, 0.29) is 29.9 Å². The molecule has 1 aliphatic carbocycles. The number of carbonyl (C=O) groups is 3. The lowest BCUT2D eigenvalue weighted by molar-refractivity contribution is -0.137. The first-order valence-electron chi connectivity index (χ1n) is 13.8. The number of alkyl halides is 3. The molecule has 0 aromatic heterocycles. The number of nitrogens with one attached hydrogen (secondary N) is 4. The van der Waals surface area contributed by atoms with Crippen LogP contribution in [-0.4, -0.2) is 60.5 Å². The van der Waals surface area contributed by atoms with Crippen LogP contribution in [0.25, 0.3) is 0 Å². The van der Waals surface area contributed by atoms with Gasteiger partial charge in [0.2, 0.25) is 5.91 Å². The summed E-state index contributed by atoms with van der Waals surface area (Å²) >= 11 is 0. The summed E-state index contributed by atoms with van der Waals surface area (Å²) in [6.07, 6.45) is 1.18. The van der Waals surface area contributed by atoms with Crippen molar-refractivity contribution in [1.29, 1.82) is 0 Å². The van der Waals surface area contributed by atoms with Gasteiger partial charge in [-0.2, -0.15) is 13.2 Å². The van der Waals surface area contributed by atoms with E-state index in [1.165, 1.54) is 0 Å². The molecule has 39 heavy (non-hydrogen) atoms. The van der Waals surface area contributed by atoms with Crippen LogP contribution in [0.4, 0.5) is 23.7 Å². The topological polar surface area (TPSA) is 103 Å². The quantitative estimate of drug-likeness (QED) is 0.303. The predicted molar refractivity (Wildman–Crippen MR) is 147 cm³/mol. The van der Waals surface area contributed by atoms with Crippen LogP contribution in [0.1, 0.15) is 89.1 Å². The van der Waals surface area contributed by atoms with Crippen molar-refractivity contribution in [3.63, 3.8) is 0 Å². The van der Waals surface area contributed by atoms with Gasteiger partial charge in [-0.15, -0.1) is 0 Å². The minimum atomic E-state index is -4.68. The number of unbranched alkanes of at least 4 members (excludes halogenated alkanes) is 1. The molecule has 4 amide bonds. The van der Waals surface area contributed by atoms with Crippen molar-refractivity contribution in [2.75, 3.05) is 18.9 Å². The van der Waals surface area contributed by atoms with Crippen molar-refractivity contribution in [3.8, 4) is 0 Å². The average Bonchev–Trinajstić information content (AvgIpc) is 2.85. The molecule has 0 unspecified atom stereocenters. The smallest absolute Gasteiger partial charge is 0.352 e. The molecule has 0 aliphatic heterocycles. The van der Waals surface area contributed by atoms with Gasteiger partial charge in [-0.3, -0.25) is 9.59 Å². The first kappa shape index (κ1) is 32.4. The van der Waals surface area contributed by atoms with Gasteiger partial charge < -0.3 is 26.2 Å². The van der Waals surface area contributed by atoms with Crippen molar-refractivity contribution in [1.82, 2.24) is 20.9 Å². The van der Waals surface area contributed by atoms with Crippen LogP contribution in [0.5, 0.6) is 0 Å². The zero-order chi connectivity index (χ0) is 29.3. The lowest BCUT2D eigenvalue weighted by Crippen LogP contribution is -2.51. The van der Waals surface area contributed by atoms with Gasteiger partial charge in [0, 0.05) is 24.2 Å². The lowest BCUT2D eigenvalue weighted by Gasteiger charge is -2.42. The lowest BCUT2D eigenvalue weighted by atomic mass is 9.78. The molecule has 4 N–H and O–H groups in total. The highest BCUT2D eigenvalue weighted by Gasteiger charge is 2.34. The fraction of sp³-hybridized carbons (Fsp3) is 0.679. The summed E-state index contributed by atoms with van der Waals surface area (Å²) in [7, 11) is 2.13. The maximum absolute atomic E-state index is 13.3. The molecule has 220 valence electrons. The van der Waals surface area contributed by atoms with Crippen molar-refractivity contribution in [2.24, 2.45) is 5.92 Å². The maximum atomic E-state index is 13.3. The SMILES string of the molecule is CCCC[C@@H]1C[C@H](N(C)C(C)C)CC[C@@H]1NC(=O)CNC(=O)c1cc(C(F)(F)F)ccc1NC(=O)NC(C)C. The van der Waals surface area contributed by atoms with E-state index < -0.39 is 29.6 Å². The van der Waals surface area contributed by atoms with E-state index in [2.05, 4.69) is 54.0 Å². The zero-order valence-corrected chi connectivity index (χ0v) is 23.9. The van der Waals surface area contributed by atoms with Gasteiger partial charge >= 0.3 is 12.2 Å². The highest BCUT2D eigenvalue weighted by atomic mass is 19.4. The number of anilines is 1. The number of nitrogens with zero attached hydrogens (tertiary/aromatic N) is 1. The molecule has 0 spiro atoms. The van der Waals surface area contributed by atoms with Gasteiger partial charge in [0.15, 0.2) is 0 Å². The zero-order valence-electron chi connectivity index (χ0n) is 23.9. The van der Waals surface area contributed by atoms with Crippen LogP contribution in [0, 0.1) is 5.92 Å². The fourth-order valence-electron chi connectivity index (χ4n) is 4.96. The molecule has 8 nitrogen and oxygen atoms in total. The number of carbonyl (C=O) groups excluding carboxylic acids is 3. The van der Waals surface area contributed by atoms with Gasteiger partial charge in [0.25, 0.3) is 5.91 Å². The number of hydrogen-bond acceptors (Lipinski definition) is 4. The monoisotopic (exact) mass is 555 g/mol. The molecular weight excluding hydrogens is 511 g/mol.